The van der Waals surface area contributed by atoms with E-state index in [2.05, 4.69) is 0 Å². The number of hydrogen-bond acceptors (Lipinski definition) is 2. The molecule has 2 N–H and O–H groups in total. The highest BCUT2D eigenvalue weighted by atomic mass is 35.5. The number of alkyl halides is 3. The van der Waals surface area contributed by atoms with E-state index in [1.54, 1.807) is 0 Å². The second-order valence-corrected chi connectivity index (χ2v) is 3.72. The zero-order chi connectivity index (χ0) is 12.3. The highest BCUT2D eigenvalue weighted by Gasteiger charge is 2.35. The molecule has 90 valence electrons. The molecule has 0 aromatic heterocycles. The number of aliphatic hydroxyl groups excluding tert-OH is 1. The molecule has 0 spiro atoms. The van der Waals surface area contributed by atoms with Gasteiger partial charge in [0.15, 0.2) is 0 Å². The fourth-order valence-corrected chi connectivity index (χ4v) is 1.57. The maximum absolute atomic E-state index is 12.5. The summed E-state index contributed by atoms with van der Waals surface area (Å²) in [4.78, 5) is 0. The summed E-state index contributed by atoms with van der Waals surface area (Å²) in [6.07, 6.45) is -4.22. The Bertz CT molecular complexity index is 377. The number of benzene rings is 1. The number of rotatable bonds is 3. The minimum Gasteiger partial charge on any atom is -0.507 e. The molecule has 16 heavy (non-hydrogen) atoms. The molecule has 0 aliphatic heterocycles. The Morgan fingerprint density at radius 1 is 1.25 bits per heavy atom. The molecule has 1 aromatic carbocycles. The van der Waals surface area contributed by atoms with Crippen molar-refractivity contribution in [1.82, 2.24) is 0 Å². The van der Waals surface area contributed by atoms with Crippen LogP contribution in [-0.2, 0) is 12.6 Å². The molecule has 0 fully saturated rings. The minimum absolute atomic E-state index is 0.0851. The zero-order valence-electron chi connectivity index (χ0n) is 8.18. The zero-order valence-corrected chi connectivity index (χ0v) is 8.94. The van der Waals surface area contributed by atoms with Crippen LogP contribution in [0.1, 0.15) is 17.5 Å². The van der Waals surface area contributed by atoms with E-state index >= 15 is 0 Å². The summed E-state index contributed by atoms with van der Waals surface area (Å²) in [5.74, 6) is -0.814. The smallest absolute Gasteiger partial charge is 0.420 e. The van der Waals surface area contributed by atoms with Crippen molar-refractivity contribution < 1.29 is 23.4 Å². The van der Waals surface area contributed by atoms with Gasteiger partial charge in [-0.15, -0.1) is 0 Å². The minimum atomic E-state index is -4.64. The third-order valence-electron chi connectivity index (χ3n) is 2.06. The van der Waals surface area contributed by atoms with Crippen molar-refractivity contribution in [2.24, 2.45) is 0 Å². The molecule has 0 aliphatic carbocycles. The van der Waals surface area contributed by atoms with E-state index < -0.39 is 17.5 Å². The average molecular weight is 255 g/mol. The number of aliphatic hydroxyl groups is 1. The number of aromatic hydroxyl groups is 1. The maximum atomic E-state index is 12.5. The van der Waals surface area contributed by atoms with Gasteiger partial charge in [-0.3, -0.25) is 0 Å². The molecule has 0 amide bonds. The predicted octanol–water partition coefficient (Wildman–Crippen LogP) is 2.99. The van der Waals surface area contributed by atoms with E-state index in [9.17, 15) is 18.3 Å². The summed E-state index contributed by atoms with van der Waals surface area (Å²) in [7, 11) is 0. The van der Waals surface area contributed by atoms with E-state index in [1.807, 2.05) is 0 Å². The first-order valence-corrected chi connectivity index (χ1v) is 4.93. The molecule has 0 heterocycles. The van der Waals surface area contributed by atoms with Crippen LogP contribution >= 0.6 is 11.6 Å². The summed E-state index contributed by atoms with van der Waals surface area (Å²) in [6, 6.07) is 1.95. The van der Waals surface area contributed by atoms with Crippen molar-refractivity contribution in [3.63, 3.8) is 0 Å². The van der Waals surface area contributed by atoms with Crippen molar-refractivity contribution in [3.8, 4) is 5.75 Å². The average Bonchev–Trinajstić information content (AvgIpc) is 2.17. The second-order valence-electron chi connectivity index (χ2n) is 3.29. The van der Waals surface area contributed by atoms with Crippen LogP contribution in [0, 0.1) is 0 Å². The summed E-state index contributed by atoms with van der Waals surface area (Å²) < 4.78 is 37.4. The van der Waals surface area contributed by atoms with Gasteiger partial charge in [-0.05, 0) is 30.5 Å². The molecule has 2 nitrogen and oxygen atoms in total. The monoisotopic (exact) mass is 254 g/mol. The summed E-state index contributed by atoms with van der Waals surface area (Å²) >= 11 is 5.53. The third kappa shape index (κ3) is 3.02. The van der Waals surface area contributed by atoms with Crippen molar-refractivity contribution in [2.45, 2.75) is 19.0 Å². The van der Waals surface area contributed by atoms with Crippen molar-refractivity contribution in [1.29, 1.82) is 0 Å². The van der Waals surface area contributed by atoms with Gasteiger partial charge in [0, 0.05) is 11.6 Å². The summed E-state index contributed by atoms with van der Waals surface area (Å²) in [5, 5.41) is 17.9. The van der Waals surface area contributed by atoms with Gasteiger partial charge in [0.2, 0.25) is 0 Å². The molecule has 0 unspecified atom stereocenters. The van der Waals surface area contributed by atoms with Crippen LogP contribution in [0.15, 0.2) is 12.1 Å². The van der Waals surface area contributed by atoms with Gasteiger partial charge in [0.1, 0.15) is 5.75 Å². The Morgan fingerprint density at radius 2 is 1.88 bits per heavy atom. The van der Waals surface area contributed by atoms with Crippen LogP contribution in [0.3, 0.4) is 0 Å². The highest BCUT2D eigenvalue weighted by Crippen LogP contribution is 2.39. The lowest BCUT2D eigenvalue weighted by atomic mass is 10.0. The molecular formula is C10H10ClF3O2. The third-order valence-corrected chi connectivity index (χ3v) is 2.28. The lowest BCUT2D eigenvalue weighted by Gasteiger charge is -2.13. The van der Waals surface area contributed by atoms with Gasteiger partial charge in [-0.2, -0.15) is 13.2 Å². The molecular weight excluding hydrogens is 245 g/mol. The van der Waals surface area contributed by atoms with Gasteiger partial charge in [0.25, 0.3) is 0 Å². The van der Waals surface area contributed by atoms with Gasteiger partial charge in [0.05, 0.1) is 5.56 Å². The molecule has 0 bridgehead atoms. The van der Waals surface area contributed by atoms with Crippen LogP contribution in [0.4, 0.5) is 13.2 Å². The van der Waals surface area contributed by atoms with Gasteiger partial charge < -0.3 is 10.2 Å². The summed E-state index contributed by atoms with van der Waals surface area (Å²) in [6.45, 7) is -0.159. The van der Waals surface area contributed by atoms with Crippen LogP contribution in [0.2, 0.25) is 5.02 Å². The lowest BCUT2D eigenvalue weighted by molar-refractivity contribution is -0.138. The molecule has 1 aromatic rings. The standard InChI is InChI=1S/C10H10ClF3O2/c11-7-4-6(2-1-3-15)9(16)8(5-7)10(12,13)14/h4-5,15-16H,1-3H2. The lowest BCUT2D eigenvalue weighted by Crippen LogP contribution is -2.07. The van der Waals surface area contributed by atoms with Crippen LogP contribution in [-0.4, -0.2) is 16.8 Å². The Hall–Kier alpha value is -0.940. The molecule has 0 aliphatic rings. The largest absolute Gasteiger partial charge is 0.507 e. The van der Waals surface area contributed by atoms with Gasteiger partial charge in [-0.1, -0.05) is 11.6 Å². The topological polar surface area (TPSA) is 40.5 Å². The number of hydrogen-bond donors (Lipinski definition) is 2. The SMILES string of the molecule is OCCCc1cc(Cl)cc(C(F)(F)F)c1O. The number of aryl methyl sites for hydroxylation is 1. The van der Waals surface area contributed by atoms with E-state index in [0.717, 1.165) is 0 Å². The molecule has 0 saturated carbocycles. The fourth-order valence-electron chi connectivity index (χ4n) is 1.33. The van der Waals surface area contributed by atoms with Crippen LogP contribution < -0.4 is 0 Å². The van der Waals surface area contributed by atoms with E-state index in [-0.39, 0.29) is 30.0 Å². The maximum Gasteiger partial charge on any atom is 0.420 e. The molecule has 0 atom stereocenters. The van der Waals surface area contributed by atoms with E-state index in [4.69, 9.17) is 16.7 Å². The van der Waals surface area contributed by atoms with Gasteiger partial charge in [-0.25, -0.2) is 0 Å². The Balaban J connectivity index is 3.16. The van der Waals surface area contributed by atoms with Crippen LogP contribution in [0.5, 0.6) is 5.75 Å². The first kappa shape index (κ1) is 13.1. The predicted molar refractivity (Wildman–Crippen MR) is 53.5 cm³/mol. The first-order valence-electron chi connectivity index (χ1n) is 4.55. The normalized spacial score (nSPS) is 11.8. The highest BCUT2D eigenvalue weighted by molar-refractivity contribution is 6.30. The van der Waals surface area contributed by atoms with E-state index in [0.29, 0.717) is 6.07 Å². The summed E-state index contributed by atoms with van der Waals surface area (Å²) in [5.41, 5.74) is -1.05. The molecule has 6 heteroatoms. The Morgan fingerprint density at radius 3 is 2.38 bits per heavy atom. The van der Waals surface area contributed by atoms with Crippen molar-refractivity contribution >= 4 is 11.6 Å². The van der Waals surface area contributed by atoms with Gasteiger partial charge >= 0.3 is 6.18 Å². The molecule has 0 saturated heterocycles. The van der Waals surface area contributed by atoms with Crippen molar-refractivity contribution in [2.75, 3.05) is 6.61 Å². The molecule has 1 rings (SSSR count). The second kappa shape index (κ2) is 4.93. The Kier molecular flexibility index (Phi) is 4.04. The molecule has 0 radical (unpaired) electrons. The Labute approximate surface area is 95.3 Å². The van der Waals surface area contributed by atoms with E-state index in [1.165, 1.54) is 6.07 Å². The first-order chi connectivity index (χ1) is 7.36. The van der Waals surface area contributed by atoms with Crippen LogP contribution in [0.25, 0.3) is 0 Å². The quantitative estimate of drug-likeness (QED) is 0.871. The number of phenolic OH excluding ortho intramolecular Hbond substituents is 1. The number of phenols is 1. The number of halogens is 4. The van der Waals surface area contributed by atoms with Crippen molar-refractivity contribution in [3.05, 3.63) is 28.3 Å². The fraction of sp³-hybridized carbons (Fsp3) is 0.400.